The largest absolute Gasteiger partial charge is 0.387 e. The van der Waals surface area contributed by atoms with Gasteiger partial charge in [0.25, 0.3) is 0 Å². The molecule has 0 aromatic heterocycles. The second kappa shape index (κ2) is 9.06. The van der Waals surface area contributed by atoms with Gasteiger partial charge in [0, 0.05) is 61.5 Å². The van der Waals surface area contributed by atoms with Crippen LogP contribution in [-0.4, -0.2) is 67.4 Å². The second-order valence-electron chi connectivity index (χ2n) is 5.52. The highest BCUT2D eigenvalue weighted by Gasteiger charge is 2.21. The van der Waals surface area contributed by atoms with E-state index in [9.17, 15) is 5.11 Å². The van der Waals surface area contributed by atoms with Gasteiger partial charge in [-0.15, -0.1) is 0 Å². The smallest absolute Gasteiger partial charge is 0.0931 e. The summed E-state index contributed by atoms with van der Waals surface area (Å²) < 4.78 is 5.39. The minimum atomic E-state index is -0.610. The zero-order valence-electron chi connectivity index (χ0n) is 13.0. The van der Waals surface area contributed by atoms with Gasteiger partial charge in [-0.3, -0.25) is 9.80 Å². The molecule has 0 radical (unpaired) electrons. The van der Waals surface area contributed by atoms with Gasteiger partial charge < -0.3 is 9.84 Å². The predicted molar refractivity (Wildman–Crippen MR) is 90.8 cm³/mol. The van der Waals surface area contributed by atoms with Crippen LogP contribution < -0.4 is 0 Å². The van der Waals surface area contributed by atoms with Crippen molar-refractivity contribution < 1.29 is 9.84 Å². The average Bonchev–Trinajstić information content (AvgIpc) is 2.51. The lowest BCUT2D eigenvalue weighted by Gasteiger charge is -2.35. The minimum Gasteiger partial charge on any atom is -0.387 e. The second-order valence-corrected chi connectivity index (χ2v) is 6.36. The number of aliphatic hydroxyl groups excluding tert-OH is 1. The summed E-state index contributed by atoms with van der Waals surface area (Å²) in [5, 5.41) is 11.6. The number of rotatable bonds is 7. The lowest BCUT2D eigenvalue weighted by molar-refractivity contribution is 0.0550. The van der Waals surface area contributed by atoms with Crippen molar-refractivity contribution in [1.82, 2.24) is 9.80 Å². The maximum atomic E-state index is 10.4. The van der Waals surface area contributed by atoms with E-state index in [0.29, 0.717) is 22.2 Å². The first-order valence-electron chi connectivity index (χ1n) is 7.75. The Balaban J connectivity index is 1.79. The highest BCUT2D eigenvalue weighted by Crippen LogP contribution is 2.27. The van der Waals surface area contributed by atoms with E-state index < -0.39 is 6.10 Å². The molecule has 1 aromatic rings. The molecule has 1 heterocycles. The fourth-order valence-corrected chi connectivity index (χ4v) is 3.07. The Labute approximate surface area is 142 Å². The van der Waals surface area contributed by atoms with Crippen molar-refractivity contribution in [2.75, 3.05) is 52.5 Å². The Kier molecular flexibility index (Phi) is 7.41. The van der Waals surface area contributed by atoms with E-state index in [2.05, 4.69) is 9.80 Å². The van der Waals surface area contributed by atoms with Gasteiger partial charge in [-0.25, -0.2) is 0 Å². The number of piperazine rings is 1. The van der Waals surface area contributed by atoms with Crippen LogP contribution in [-0.2, 0) is 4.74 Å². The van der Waals surface area contributed by atoms with Gasteiger partial charge in [-0.1, -0.05) is 23.2 Å². The van der Waals surface area contributed by atoms with Crippen LogP contribution in [0.1, 0.15) is 18.6 Å². The highest BCUT2D eigenvalue weighted by molar-refractivity contribution is 6.33. The molecule has 0 unspecified atom stereocenters. The van der Waals surface area contributed by atoms with Crippen molar-refractivity contribution in [3.63, 3.8) is 0 Å². The maximum Gasteiger partial charge on any atom is 0.0931 e. The van der Waals surface area contributed by atoms with Crippen molar-refractivity contribution in [2.24, 2.45) is 0 Å². The van der Waals surface area contributed by atoms with Crippen LogP contribution in [0.4, 0.5) is 0 Å². The fraction of sp³-hybridized carbons (Fsp3) is 0.625. The zero-order valence-corrected chi connectivity index (χ0v) is 14.5. The first-order chi connectivity index (χ1) is 10.6. The molecule has 0 bridgehead atoms. The Morgan fingerprint density at radius 1 is 1.18 bits per heavy atom. The lowest BCUT2D eigenvalue weighted by Crippen LogP contribution is -2.48. The van der Waals surface area contributed by atoms with Crippen molar-refractivity contribution in [3.05, 3.63) is 33.8 Å². The third-order valence-electron chi connectivity index (χ3n) is 3.97. The Morgan fingerprint density at radius 3 is 2.55 bits per heavy atom. The van der Waals surface area contributed by atoms with Gasteiger partial charge in [0.1, 0.15) is 0 Å². The van der Waals surface area contributed by atoms with Crippen LogP contribution in [0.15, 0.2) is 18.2 Å². The quantitative estimate of drug-likeness (QED) is 0.770. The SMILES string of the molecule is CCOCCN1CCN(C[C@@H](O)c2cc(Cl)ccc2Cl)CC1. The van der Waals surface area contributed by atoms with E-state index in [4.69, 9.17) is 27.9 Å². The lowest BCUT2D eigenvalue weighted by atomic mass is 10.1. The Hall–Kier alpha value is -0.360. The number of halogens is 2. The Bertz CT molecular complexity index is 465. The molecule has 1 fully saturated rings. The first-order valence-corrected chi connectivity index (χ1v) is 8.51. The topological polar surface area (TPSA) is 35.9 Å². The maximum absolute atomic E-state index is 10.4. The van der Waals surface area contributed by atoms with Crippen molar-refractivity contribution in [1.29, 1.82) is 0 Å². The summed E-state index contributed by atoms with van der Waals surface area (Å²) in [6.45, 7) is 9.03. The molecule has 0 spiro atoms. The standard InChI is InChI=1S/C16H24Cl2N2O2/c1-2-22-10-9-19-5-7-20(8-6-19)12-16(21)14-11-13(17)3-4-15(14)18/h3-4,11,16,21H,2,5-10,12H2,1H3/t16-/m1/s1. The summed E-state index contributed by atoms with van der Waals surface area (Å²) in [6.07, 6.45) is -0.610. The van der Waals surface area contributed by atoms with E-state index in [1.165, 1.54) is 0 Å². The van der Waals surface area contributed by atoms with Crippen LogP contribution in [0.25, 0.3) is 0 Å². The first kappa shape index (κ1) is 18.0. The van der Waals surface area contributed by atoms with Gasteiger partial charge in [0.05, 0.1) is 12.7 Å². The summed E-state index contributed by atoms with van der Waals surface area (Å²) >= 11 is 12.1. The molecule has 0 aliphatic carbocycles. The molecule has 1 aromatic carbocycles. The average molecular weight is 347 g/mol. The van der Waals surface area contributed by atoms with Gasteiger partial charge in [-0.05, 0) is 25.1 Å². The third kappa shape index (κ3) is 5.37. The minimum absolute atomic E-state index is 0.562. The molecule has 1 saturated heterocycles. The molecular weight excluding hydrogens is 323 g/mol. The van der Waals surface area contributed by atoms with E-state index >= 15 is 0 Å². The van der Waals surface area contributed by atoms with Crippen LogP contribution >= 0.6 is 23.2 Å². The fourth-order valence-electron chi connectivity index (χ4n) is 2.65. The summed E-state index contributed by atoms with van der Waals surface area (Å²) in [5.74, 6) is 0. The molecule has 4 nitrogen and oxygen atoms in total. The molecule has 1 atom stereocenters. The molecule has 0 amide bonds. The number of hydrogen-bond acceptors (Lipinski definition) is 4. The van der Waals surface area contributed by atoms with Crippen LogP contribution in [0.3, 0.4) is 0 Å². The molecule has 124 valence electrons. The summed E-state index contributed by atoms with van der Waals surface area (Å²) in [4.78, 5) is 4.66. The molecule has 6 heteroatoms. The van der Waals surface area contributed by atoms with Crippen LogP contribution in [0, 0.1) is 0 Å². The van der Waals surface area contributed by atoms with E-state index in [-0.39, 0.29) is 0 Å². The summed E-state index contributed by atoms with van der Waals surface area (Å²) in [6, 6.07) is 5.21. The van der Waals surface area contributed by atoms with E-state index in [1.807, 2.05) is 6.92 Å². The molecule has 1 aliphatic rings. The highest BCUT2D eigenvalue weighted by atomic mass is 35.5. The van der Waals surface area contributed by atoms with E-state index in [0.717, 1.165) is 45.9 Å². The molecular formula is C16H24Cl2N2O2. The molecule has 1 aliphatic heterocycles. The number of aliphatic hydroxyl groups is 1. The van der Waals surface area contributed by atoms with Gasteiger partial charge in [0.2, 0.25) is 0 Å². The molecule has 22 heavy (non-hydrogen) atoms. The third-order valence-corrected chi connectivity index (χ3v) is 4.55. The zero-order chi connectivity index (χ0) is 15.9. The van der Waals surface area contributed by atoms with Gasteiger partial charge >= 0.3 is 0 Å². The Morgan fingerprint density at radius 2 is 1.86 bits per heavy atom. The molecule has 0 saturated carbocycles. The van der Waals surface area contributed by atoms with Crippen LogP contribution in [0.2, 0.25) is 10.0 Å². The van der Waals surface area contributed by atoms with Crippen molar-refractivity contribution >= 4 is 23.2 Å². The van der Waals surface area contributed by atoms with Crippen molar-refractivity contribution in [3.8, 4) is 0 Å². The molecule has 2 rings (SSSR count). The number of β-amino-alcohol motifs (C(OH)–C–C–N with tert-alkyl or cyclic N) is 1. The molecule has 1 N–H and O–H groups in total. The summed E-state index contributed by atoms with van der Waals surface area (Å²) in [7, 11) is 0. The van der Waals surface area contributed by atoms with Crippen LogP contribution in [0.5, 0.6) is 0 Å². The number of hydrogen-bond donors (Lipinski definition) is 1. The number of ether oxygens (including phenoxy) is 1. The number of benzene rings is 1. The predicted octanol–water partition coefficient (Wildman–Crippen LogP) is 2.68. The van der Waals surface area contributed by atoms with Gasteiger partial charge in [0.15, 0.2) is 0 Å². The van der Waals surface area contributed by atoms with Crippen molar-refractivity contribution in [2.45, 2.75) is 13.0 Å². The number of nitrogens with zero attached hydrogens (tertiary/aromatic N) is 2. The van der Waals surface area contributed by atoms with Gasteiger partial charge in [-0.2, -0.15) is 0 Å². The van der Waals surface area contributed by atoms with E-state index in [1.54, 1.807) is 18.2 Å². The summed E-state index contributed by atoms with van der Waals surface area (Å²) in [5.41, 5.74) is 0.702. The normalized spacial score (nSPS) is 18.5. The monoisotopic (exact) mass is 346 g/mol.